The van der Waals surface area contributed by atoms with Gasteiger partial charge in [0.2, 0.25) is 15.9 Å². The van der Waals surface area contributed by atoms with E-state index in [1.165, 1.54) is 30.3 Å². The lowest BCUT2D eigenvalue weighted by atomic mass is 10.3. The second-order valence-corrected chi connectivity index (χ2v) is 7.41. The fraction of sp³-hybridized carbons (Fsp3) is 0.0714. The van der Waals surface area contributed by atoms with Crippen LogP contribution in [-0.4, -0.2) is 20.9 Å². The van der Waals surface area contributed by atoms with Gasteiger partial charge in [-0.2, -0.15) is 0 Å². The minimum Gasteiger partial charge on any atom is -0.324 e. The van der Waals surface area contributed by atoms with Crippen LogP contribution >= 0.6 is 34.8 Å². The molecule has 0 saturated carbocycles. The normalized spacial score (nSPS) is 11.3. The third-order valence-electron chi connectivity index (χ3n) is 2.75. The van der Waals surface area contributed by atoms with Crippen LogP contribution in [0.2, 0.25) is 15.1 Å². The molecule has 0 aromatic heterocycles. The number of nitrogens with one attached hydrogen (secondary N) is 2. The van der Waals surface area contributed by atoms with Crippen LogP contribution in [0.3, 0.4) is 0 Å². The summed E-state index contributed by atoms with van der Waals surface area (Å²) < 4.78 is 26.4. The molecule has 23 heavy (non-hydrogen) atoms. The molecule has 0 radical (unpaired) electrons. The molecule has 9 heteroatoms. The van der Waals surface area contributed by atoms with E-state index >= 15 is 0 Å². The van der Waals surface area contributed by atoms with Crippen molar-refractivity contribution in [2.24, 2.45) is 0 Å². The molecule has 0 saturated heterocycles. The monoisotopic (exact) mass is 392 g/mol. The van der Waals surface area contributed by atoms with Crippen LogP contribution in [0.25, 0.3) is 0 Å². The van der Waals surface area contributed by atoms with Crippen molar-refractivity contribution in [2.45, 2.75) is 4.90 Å². The van der Waals surface area contributed by atoms with Crippen LogP contribution in [0.1, 0.15) is 0 Å². The highest BCUT2D eigenvalue weighted by Gasteiger charge is 2.18. The minimum atomic E-state index is -3.90. The summed E-state index contributed by atoms with van der Waals surface area (Å²) >= 11 is 17.6. The largest absolute Gasteiger partial charge is 0.324 e. The Morgan fingerprint density at radius 2 is 1.70 bits per heavy atom. The Bertz CT molecular complexity index is 841. The first kappa shape index (κ1) is 18.0. The van der Waals surface area contributed by atoms with Gasteiger partial charge in [0.25, 0.3) is 0 Å². The van der Waals surface area contributed by atoms with Gasteiger partial charge < -0.3 is 5.32 Å². The Kier molecular flexibility index (Phi) is 5.89. The third-order valence-corrected chi connectivity index (χ3v) is 5.22. The first-order chi connectivity index (χ1) is 10.8. The van der Waals surface area contributed by atoms with Crippen LogP contribution in [0.5, 0.6) is 0 Å². The van der Waals surface area contributed by atoms with Crippen molar-refractivity contribution >= 4 is 56.4 Å². The van der Waals surface area contributed by atoms with Crippen molar-refractivity contribution in [3.05, 3.63) is 57.5 Å². The number of carbonyl (C=O) groups excluding carboxylic acids is 1. The molecule has 0 aliphatic carbocycles. The van der Waals surface area contributed by atoms with E-state index in [4.69, 9.17) is 34.8 Å². The fourth-order valence-corrected chi connectivity index (χ4v) is 3.53. The summed E-state index contributed by atoms with van der Waals surface area (Å²) in [6, 6.07) is 10.5. The van der Waals surface area contributed by atoms with E-state index in [2.05, 4.69) is 10.0 Å². The molecule has 1 amide bonds. The molecular formula is C14H11Cl3N2O3S. The molecule has 0 aliphatic rings. The van der Waals surface area contributed by atoms with Crippen molar-refractivity contribution in [3.8, 4) is 0 Å². The molecule has 5 nitrogen and oxygen atoms in total. The summed E-state index contributed by atoms with van der Waals surface area (Å²) in [6.07, 6.45) is 0. The SMILES string of the molecule is O=C(CNS(=O)(=O)c1ccccc1Cl)Nc1cc(Cl)ccc1Cl. The van der Waals surface area contributed by atoms with Gasteiger partial charge in [0.15, 0.2) is 0 Å². The first-order valence-corrected chi connectivity index (χ1v) is 8.90. The predicted molar refractivity (Wildman–Crippen MR) is 91.7 cm³/mol. The molecule has 0 atom stereocenters. The number of hydrogen-bond acceptors (Lipinski definition) is 3. The van der Waals surface area contributed by atoms with Crippen LogP contribution in [0.15, 0.2) is 47.4 Å². The lowest BCUT2D eigenvalue weighted by Gasteiger charge is -2.10. The summed E-state index contributed by atoms with van der Waals surface area (Å²) in [6.45, 7) is -0.476. The zero-order chi connectivity index (χ0) is 17.0. The lowest BCUT2D eigenvalue weighted by molar-refractivity contribution is -0.115. The van der Waals surface area contributed by atoms with E-state index in [-0.39, 0.29) is 14.9 Å². The first-order valence-electron chi connectivity index (χ1n) is 6.29. The van der Waals surface area contributed by atoms with Gasteiger partial charge in [0, 0.05) is 5.02 Å². The summed E-state index contributed by atoms with van der Waals surface area (Å²) in [5, 5.41) is 3.22. The Morgan fingerprint density at radius 3 is 2.39 bits per heavy atom. The van der Waals surface area contributed by atoms with E-state index in [9.17, 15) is 13.2 Å². The smallest absolute Gasteiger partial charge is 0.242 e. The van der Waals surface area contributed by atoms with Crippen molar-refractivity contribution in [1.29, 1.82) is 0 Å². The molecule has 2 N–H and O–H groups in total. The number of sulfonamides is 1. The topological polar surface area (TPSA) is 75.3 Å². The molecule has 2 aromatic carbocycles. The van der Waals surface area contributed by atoms with E-state index in [1.54, 1.807) is 12.1 Å². The number of amides is 1. The molecule has 122 valence electrons. The van der Waals surface area contributed by atoms with Gasteiger partial charge in [-0.25, -0.2) is 13.1 Å². The second kappa shape index (κ2) is 7.51. The molecule has 2 aromatic rings. The molecule has 0 heterocycles. The number of rotatable bonds is 5. The number of benzene rings is 2. The van der Waals surface area contributed by atoms with Crippen molar-refractivity contribution in [2.75, 3.05) is 11.9 Å². The van der Waals surface area contributed by atoms with Gasteiger partial charge >= 0.3 is 0 Å². The van der Waals surface area contributed by atoms with Crippen molar-refractivity contribution in [1.82, 2.24) is 4.72 Å². The number of anilines is 1. The molecular weight excluding hydrogens is 383 g/mol. The van der Waals surface area contributed by atoms with Crippen LogP contribution in [0, 0.1) is 0 Å². The van der Waals surface area contributed by atoms with Crippen molar-refractivity contribution in [3.63, 3.8) is 0 Å². The quantitative estimate of drug-likeness (QED) is 0.815. The van der Waals surface area contributed by atoms with Gasteiger partial charge in [-0.3, -0.25) is 4.79 Å². The second-order valence-electron chi connectivity index (χ2n) is 4.43. The van der Waals surface area contributed by atoms with Gasteiger partial charge in [-0.05, 0) is 30.3 Å². The zero-order valence-electron chi connectivity index (χ0n) is 11.5. The molecule has 0 unspecified atom stereocenters. The molecule has 0 fully saturated rings. The maximum Gasteiger partial charge on any atom is 0.242 e. The Morgan fingerprint density at radius 1 is 1.00 bits per heavy atom. The number of carbonyl (C=O) groups is 1. The highest BCUT2D eigenvalue weighted by molar-refractivity contribution is 7.89. The van der Waals surface area contributed by atoms with Crippen LogP contribution in [-0.2, 0) is 14.8 Å². The van der Waals surface area contributed by atoms with E-state index in [0.29, 0.717) is 10.7 Å². The number of halogens is 3. The Balaban J connectivity index is 2.04. The van der Waals surface area contributed by atoms with Gasteiger partial charge in [-0.15, -0.1) is 0 Å². The Labute approximate surface area is 148 Å². The van der Waals surface area contributed by atoms with E-state index in [0.717, 1.165) is 0 Å². The molecule has 0 bridgehead atoms. The molecule has 0 spiro atoms. The van der Waals surface area contributed by atoms with Gasteiger partial charge in [-0.1, -0.05) is 46.9 Å². The Hall–Kier alpha value is -1.31. The van der Waals surface area contributed by atoms with Gasteiger partial charge in [0.05, 0.1) is 22.3 Å². The average Bonchev–Trinajstić information content (AvgIpc) is 2.49. The lowest BCUT2D eigenvalue weighted by Crippen LogP contribution is -2.33. The standard InChI is InChI=1S/C14H11Cl3N2O3S/c15-9-5-6-10(16)12(7-9)19-14(20)8-18-23(21,22)13-4-2-1-3-11(13)17/h1-7,18H,8H2,(H,19,20). The minimum absolute atomic E-state index is 0.0679. The highest BCUT2D eigenvalue weighted by Crippen LogP contribution is 2.25. The van der Waals surface area contributed by atoms with Crippen molar-refractivity contribution < 1.29 is 13.2 Å². The predicted octanol–water partition coefficient (Wildman–Crippen LogP) is 3.56. The van der Waals surface area contributed by atoms with E-state index in [1.807, 2.05) is 0 Å². The number of hydrogen-bond donors (Lipinski definition) is 2. The highest BCUT2D eigenvalue weighted by atomic mass is 35.5. The zero-order valence-corrected chi connectivity index (χ0v) is 14.6. The maximum absolute atomic E-state index is 12.1. The maximum atomic E-state index is 12.1. The fourth-order valence-electron chi connectivity index (χ4n) is 1.69. The van der Waals surface area contributed by atoms with E-state index < -0.39 is 22.5 Å². The average molecular weight is 394 g/mol. The van der Waals surface area contributed by atoms with Gasteiger partial charge in [0.1, 0.15) is 4.90 Å². The summed E-state index contributed by atoms with van der Waals surface area (Å²) in [5.41, 5.74) is 0.293. The summed E-state index contributed by atoms with van der Waals surface area (Å²) in [4.78, 5) is 11.8. The third kappa shape index (κ3) is 4.83. The molecule has 0 aliphatic heterocycles. The summed E-state index contributed by atoms with van der Waals surface area (Å²) in [5.74, 6) is -0.593. The molecule has 2 rings (SSSR count). The van der Waals surface area contributed by atoms with Crippen LogP contribution < -0.4 is 10.0 Å². The van der Waals surface area contributed by atoms with Crippen LogP contribution in [0.4, 0.5) is 5.69 Å². The summed E-state index contributed by atoms with van der Waals surface area (Å²) in [7, 11) is -3.90.